The van der Waals surface area contributed by atoms with Crippen molar-refractivity contribution in [1.29, 1.82) is 0 Å². The summed E-state index contributed by atoms with van der Waals surface area (Å²) in [4.78, 5) is 13.7. The second-order valence-corrected chi connectivity index (χ2v) is 4.94. The molecule has 0 aliphatic heterocycles. The number of para-hydroxylation sites is 1. The fourth-order valence-electron chi connectivity index (χ4n) is 2.41. The Kier molecular flexibility index (Phi) is 3.77. The van der Waals surface area contributed by atoms with Crippen LogP contribution in [-0.4, -0.2) is 22.0 Å². The van der Waals surface area contributed by atoms with Crippen LogP contribution in [-0.2, 0) is 6.42 Å². The first-order valence-corrected chi connectivity index (χ1v) is 7.21. The van der Waals surface area contributed by atoms with Crippen molar-refractivity contribution in [1.82, 2.24) is 15.0 Å². The van der Waals surface area contributed by atoms with E-state index in [1.54, 1.807) is 0 Å². The van der Waals surface area contributed by atoms with Gasteiger partial charge in [0.2, 0.25) is 0 Å². The monoisotopic (exact) mass is 278 g/mol. The van der Waals surface area contributed by atoms with E-state index in [4.69, 9.17) is 4.98 Å². The second kappa shape index (κ2) is 5.87. The Hall–Kier alpha value is -2.49. The average molecular weight is 278 g/mol. The van der Waals surface area contributed by atoms with Crippen molar-refractivity contribution in [2.75, 3.05) is 12.4 Å². The second-order valence-electron chi connectivity index (χ2n) is 4.94. The van der Waals surface area contributed by atoms with Crippen LogP contribution in [0.5, 0.6) is 0 Å². The molecular formula is C17H18N4. The number of rotatable bonds is 4. The van der Waals surface area contributed by atoms with Crippen LogP contribution in [0.2, 0.25) is 0 Å². The van der Waals surface area contributed by atoms with Crippen LogP contribution < -0.4 is 5.32 Å². The Morgan fingerprint density at radius 1 is 1.10 bits per heavy atom. The molecule has 0 spiro atoms. The summed E-state index contributed by atoms with van der Waals surface area (Å²) in [6.07, 6.45) is 3.72. The Morgan fingerprint density at radius 3 is 2.76 bits per heavy atom. The minimum absolute atomic E-state index is 0.844. The van der Waals surface area contributed by atoms with Crippen molar-refractivity contribution in [3.8, 4) is 11.3 Å². The first-order valence-electron chi connectivity index (χ1n) is 7.21. The van der Waals surface area contributed by atoms with E-state index in [2.05, 4.69) is 40.4 Å². The molecule has 3 rings (SSSR count). The third-order valence-corrected chi connectivity index (χ3v) is 3.41. The van der Waals surface area contributed by atoms with E-state index in [1.807, 2.05) is 31.4 Å². The van der Waals surface area contributed by atoms with Crippen LogP contribution >= 0.6 is 0 Å². The van der Waals surface area contributed by atoms with Gasteiger partial charge in [-0.3, -0.25) is 4.98 Å². The van der Waals surface area contributed by atoms with E-state index >= 15 is 0 Å². The van der Waals surface area contributed by atoms with Gasteiger partial charge in [0.1, 0.15) is 11.6 Å². The van der Waals surface area contributed by atoms with Gasteiger partial charge in [-0.25, -0.2) is 9.97 Å². The van der Waals surface area contributed by atoms with Gasteiger partial charge in [0, 0.05) is 36.7 Å². The summed E-state index contributed by atoms with van der Waals surface area (Å²) >= 11 is 0. The number of hydrogen-bond donors (Lipinski definition) is 1. The molecule has 0 saturated heterocycles. The van der Waals surface area contributed by atoms with Crippen LogP contribution in [0.4, 0.5) is 5.82 Å². The van der Waals surface area contributed by atoms with E-state index < -0.39 is 0 Å². The van der Waals surface area contributed by atoms with Crippen molar-refractivity contribution in [3.05, 3.63) is 48.4 Å². The highest BCUT2D eigenvalue weighted by Gasteiger charge is 2.09. The molecule has 0 radical (unpaired) electrons. The predicted molar refractivity (Wildman–Crippen MR) is 86.3 cm³/mol. The van der Waals surface area contributed by atoms with Gasteiger partial charge in [0.15, 0.2) is 0 Å². The standard InChI is InChI=1S/C17H18N4/c1-3-6-15-20-14(11-16(18-2)21-15)13-9-4-7-12-8-5-10-19-17(12)13/h4-5,7-11H,3,6H2,1-2H3,(H,18,20,21). The van der Waals surface area contributed by atoms with Gasteiger partial charge in [-0.1, -0.05) is 31.2 Å². The fourth-order valence-corrected chi connectivity index (χ4v) is 2.41. The number of benzene rings is 1. The molecule has 4 nitrogen and oxygen atoms in total. The van der Waals surface area contributed by atoms with E-state index in [1.165, 1.54) is 0 Å². The normalized spacial score (nSPS) is 10.8. The lowest BCUT2D eigenvalue weighted by molar-refractivity contribution is 0.838. The summed E-state index contributed by atoms with van der Waals surface area (Å²) in [6.45, 7) is 2.13. The average Bonchev–Trinajstić information content (AvgIpc) is 2.54. The molecule has 1 N–H and O–H groups in total. The highest BCUT2D eigenvalue weighted by Crippen LogP contribution is 2.27. The molecule has 0 saturated carbocycles. The van der Waals surface area contributed by atoms with Crippen LogP contribution in [0, 0.1) is 0 Å². The molecule has 0 atom stereocenters. The summed E-state index contributed by atoms with van der Waals surface area (Å²) in [5, 5.41) is 4.23. The SMILES string of the molecule is CCCc1nc(NC)cc(-c2cccc3cccnc23)n1. The number of aromatic nitrogens is 3. The summed E-state index contributed by atoms with van der Waals surface area (Å²) in [5.41, 5.74) is 2.94. The number of nitrogens with zero attached hydrogens (tertiary/aromatic N) is 3. The molecule has 21 heavy (non-hydrogen) atoms. The molecule has 0 fully saturated rings. The number of pyridine rings is 1. The van der Waals surface area contributed by atoms with Crippen molar-refractivity contribution >= 4 is 16.7 Å². The quantitative estimate of drug-likeness (QED) is 0.791. The van der Waals surface area contributed by atoms with Gasteiger partial charge >= 0.3 is 0 Å². The number of aryl methyl sites for hydroxylation is 1. The summed E-state index contributed by atoms with van der Waals surface area (Å²) in [7, 11) is 1.88. The molecule has 2 heterocycles. The van der Waals surface area contributed by atoms with Crippen molar-refractivity contribution in [2.24, 2.45) is 0 Å². The maximum atomic E-state index is 4.70. The Bertz CT molecular complexity index is 762. The molecule has 3 aromatic rings. The molecule has 0 aliphatic rings. The molecule has 0 bridgehead atoms. The number of anilines is 1. The van der Waals surface area contributed by atoms with Crippen molar-refractivity contribution in [2.45, 2.75) is 19.8 Å². The Balaban J connectivity index is 2.20. The minimum atomic E-state index is 0.844. The zero-order chi connectivity index (χ0) is 14.7. The molecule has 0 unspecified atom stereocenters. The van der Waals surface area contributed by atoms with E-state index in [9.17, 15) is 0 Å². The van der Waals surface area contributed by atoms with Gasteiger partial charge < -0.3 is 5.32 Å². The van der Waals surface area contributed by atoms with Gasteiger partial charge in [-0.2, -0.15) is 0 Å². The zero-order valence-electron chi connectivity index (χ0n) is 12.3. The third-order valence-electron chi connectivity index (χ3n) is 3.41. The number of nitrogens with one attached hydrogen (secondary N) is 1. The molecular weight excluding hydrogens is 260 g/mol. The zero-order valence-corrected chi connectivity index (χ0v) is 12.3. The van der Waals surface area contributed by atoms with Gasteiger partial charge in [0.25, 0.3) is 0 Å². The predicted octanol–water partition coefficient (Wildman–Crippen LogP) is 3.69. The molecule has 1 aromatic carbocycles. The first kappa shape index (κ1) is 13.5. The van der Waals surface area contributed by atoms with Crippen molar-refractivity contribution in [3.63, 3.8) is 0 Å². The number of fused-ring (bicyclic) bond motifs is 1. The van der Waals surface area contributed by atoms with Gasteiger partial charge in [-0.05, 0) is 12.5 Å². The van der Waals surface area contributed by atoms with E-state index in [0.29, 0.717) is 0 Å². The molecule has 0 aliphatic carbocycles. The first-order chi connectivity index (χ1) is 10.3. The minimum Gasteiger partial charge on any atom is -0.373 e. The molecule has 4 heteroatoms. The fraction of sp³-hybridized carbons (Fsp3) is 0.235. The molecule has 2 aromatic heterocycles. The van der Waals surface area contributed by atoms with Crippen LogP contribution in [0.15, 0.2) is 42.6 Å². The summed E-state index contributed by atoms with van der Waals surface area (Å²) < 4.78 is 0. The van der Waals surface area contributed by atoms with E-state index in [-0.39, 0.29) is 0 Å². The summed E-state index contributed by atoms with van der Waals surface area (Å²) in [6, 6.07) is 12.2. The van der Waals surface area contributed by atoms with Crippen LogP contribution in [0.25, 0.3) is 22.2 Å². The lowest BCUT2D eigenvalue weighted by Crippen LogP contribution is -2.02. The smallest absolute Gasteiger partial charge is 0.131 e. The maximum Gasteiger partial charge on any atom is 0.131 e. The van der Waals surface area contributed by atoms with Crippen LogP contribution in [0.1, 0.15) is 19.2 Å². The van der Waals surface area contributed by atoms with Crippen LogP contribution in [0.3, 0.4) is 0 Å². The largest absolute Gasteiger partial charge is 0.373 e. The molecule has 106 valence electrons. The number of hydrogen-bond acceptors (Lipinski definition) is 4. The highest BCUT2D eigenvalue weighted by atomic mass is 15.0. The lowest BCUT2D eigenvalue weighted by atomic mass is 10.1. The highest BCUT2D eigenvalue weighted by molar-refractivity contribution is 5.92. The lowest BCUT2D eigenvalue weighted by Gasteiger charge is -2.09. The van der Waals surface area contributed by atoms with E-state index in [0.717, 1.165) is 46.6 Å². The van der Waals surface area contributed by atoms with Crippen molar-refractivity contribution < 1.29 is 0 Å². The molecule has 0 amide bonds. The van der Waals surface area contributed by atoms with Gasteiger partial charge in [0.05, 0.1) is 11.2 Å². The van der Waals surface area contributed by atoms with Gasteiger partial charge in [-0.15, -0.1) is 0 Å². The topological polar surface area (TPSA) is 50.7 Å². The third kappa shape index (κ3) is 2.70. The Morgan fingerprint density at radius 2 is 1.95 bits per heavy atom. The Labute approximate surface area is 124 Å². The summed E-state index contributed by atoms with van der Waals surface area (Å²) in [5.74, 6) is 1.71. The maximum absolute atomic E-state index is 4.70.